The Morgan fingerprint density at radius 3 is 2.52 bits per heavy atom. The average Bonchev–Trinajstić information content (AvgIpc) is 2.91. The predicted octanol–water partition coefficient (Wildman–Crippen LogP) is 5.04. The smallest absolute Gasteiger partial charge is 0.141 e. The zero-order valence-corrected chi connectivity index (χ0v) is 18.2. The molecule has 4 heterocycles. The third-order valence-electron chi connectivity index (χ3n) is 6.36. The standard InChI is InChI=1S/C24H30N4S/c1-2-27-15-12-19-20(17-27)29-24-22(19)23(28-13-8-3-4-9-14-28)25-21(26-24)16-18-10-6-5-7-11-18/h5-7,10-11H,2-4,8-9,12-17H2,1H3. The van der Waals surface area contributed by atoms with Crippen LogP contribution in [0.15, 0.2) is 30.3 Å². The normalized spacial score (nSPS) is 18.0. The Hall–Kier alpha value is -1.98. The second-order valence-corrected chi connectivity index (χ2v) is 9.41. The molecule has 0 saturated carbocycles. The molecule has 5 rings (SSSR count). The molecule has 5 heteroatoms. The van der Waals surface area contributed by atoms with Gasteiger partial charge in [-0.25, -0.2) is 9.97 Å². The summed E-state index contributed by atoms with van der Waals surface area (Å²) in [5, 5.41) is 1.36. The highest BCUT2D eigenvalue weighted by Crippen LogP contribution is 2.39. The van der Waals surface area contributed by atoms with Crippen LogP contribution < -0.4 is 4.90 Å². The molecule has 0 aliphatic carbocycles. The van der Waals surface area contributed by atoms with Crippen molar-refractivity contribution >= 4 is 27.4 Å². The van der Waals surface area contributed by atoms with Crippen molar-refractivity contribution in [3.8, 4) is 0 Å². The van der Waals surface area contributed by atoms with E-state index in [1.54, 1.807) is 0 Å². The van der Waals surface area contributed by atoms with E-state index in [2.05, 4.69) is 47.1 Å². The fourth-order valence-corrected chi connectivity index (χ4v) is 5.99. The van der Waals surface area contributed by atoms with E-state index in [-0.39, 0.29) is 0 Å². The Morgan fingerprint density at radius 2 is 1.76 bits per heavy atom. The number of benzene rings is 1. The number of anilines is 1. The van der Waals surface area contributed by atoms with Gasteiger partial charge in [-0.1, -0.05) is 50.1 Å². The predicted molar refractivity (Wildman–Crippen MR) is 122 cm³/mol. The summed E-state index contributed by atoms with van der Waals surface area (Å²) in [7, 11) is 0. The molecule has 29 heavy (non-hydrogen) atoms. The Bertz CT molecular complexity index is 973. The van der Waals surface area contributed by atoms with Crippen LogP contribution in [0.5, 0.6) is 0 Å². The number of thiophene rings is 1. The fourth-order valence-electron chi connectivity index (χ4n) is 4.71. The van der Waals surface area contributed by atoms with E-state index in [0.717, 1.165) is 51.4 Å². The van der Waals surface area contributed by atoms with Gasteiger partial charge in [0, 0.05) is 37.5 Å². The van der Waals surface area contributed by atoms with Gasteiger partial charge in [-0.2, -0.15) is 0 Å². The van der Waals surface area contributed by atoms with Gasteiger partial charge in [0.25, 0.3) is 0 Å². The second kappa shape index (κ2) is 8.41. The summed E-state index contributed by atoms with van der Waals surface area (Å²) < 4.78 is 0. The molecule has 0 bridgehead atoms. The molecule has 1 saturated heterocycles. The molecule has 4 nitrogen and oxygen atoms in total. The van der Waals surface area contributed by atoms with Crippen molar-refractivity contribution in [3.63, 3.8) is 0 Å². The number of hydrogen-bond donors (Lipinski definition) is 0. The molecule has 3 aromatic rings. The van der Waals surface area contributed by atoms with E-state index in [0.29, 0.717) is 0 Å². The number of hydrogen-bond acceptors (Lipinski definition) is 5. The van der Waals surface area contributed by atoms with Crippen LogP contribution in [0, 0.1) is 0 Å². The molecule has 0 atom stereocenters. The van der Waals surface area contributed by atoms with Crippen LogP contribution in [0.4, 0.5) is 5.82 Å². The number of aromatic nitrogens is 2. The van der Waals surface area contributed by atoms with Crippen LogP contribution in [-0.4, -0.2) is 41.0 Å². The summed E-state index contributed by atoms with van der Waals surface area (Å²) in [5.41, 5.74) is 2.81. The molecule has 0 radical (unpaired) electrons. The largest absolute Gasteiger partial charge is 0.356 e. The van der Waals surface area contributed by atoms with Crippen molar-refractivity contribution in [2.24, 2.45) is 0 Å². The molecule has 0 amide bonds. The summed E-state index contributed by atoms with van der Waals surface area (Å²) in [6.45, 7) is 7.86. The topological polar surface area (TPSA) is 32.3 Å². The van der Waals surface area contributed by atoms with Gasteiger partial charge in [0.05, 0.1) is 5.39 Å². The molecule has 0 N–H and O–H groups in total. The number of rotatable bonds is 4. The lowest BCUT2D eigenvalue weighted by molar-refractivity contribution is 0.272. The number of likely N-dealkylation sites (N-methyl/N-ethyl adjacent to an activating group) is 1. The molecule has 2 aliphatic heterocycles. The Kier molecular flexibility index (Phi) is 5.51. The minimum absolute atomic E-state index is 0.807. The highest BCUT2D eigenvalue weighted by Gasteiger charge is 2.26. The van der Waals surface area contributed by atoms with E-state index >= 15 is 0 Å². The van der Waals surface area contributed by atoms with Crippen molar-refractivity contribution in [1.82, 2.24) is 14.9 Å². The van der Waals surface area contributed by atoms with Crippen LogP contribution in [-0.2, 0) is 19.4 Å². The van der Waals surface area contributed by atoms with Gasteiger partial charge >= 0.3 is 0 Å². The zero-order chi connectivity index (χ0) is 19.6. The first-order valence-electron chi connectivity index (χ1n) is 11.1. The minimum Gasteiger partial charge on any atom is -0.356 e. The maximum atomic E-state index is 5.19. The molecule has 152 valence electrons. The monoisotopic (exact) mass is 406 g/mol. The van der Waals surface area contributed by atoms with Gasteiger partial charge in [0.1, 0.15) is 16.5 Å². The Balaban J connectivity index is 1.60. The highest BCUT2D eigenvalue weighted by atomic mass is 32.1. The van der Waals surface area contributed by atoms with E-state index in [9.17, 15) is 0 Å². The zero-order valence-electron chi connectivity index (χ0n) is 17.4. The number of fused-ring (bicyclic) bond motifs is 3. The Labute approximate surface area is 177 Å². The lowest BCUT2D eigenvalue weighted by Gasteiger charge is -2.27. The second-order valence-electron chi connectivity index (χ2n) is 8.33. The van der Waals surface area contributed by atoms with Crippen LogP contribution in [0.25, 0.3) is 10.2 Å². The van der Waals surface area contributed by atoms with Gasteiger partial charge in [0.15, 0.2) is 0 Å². The summed E-state index contributed by atoms with van der Waals surface area (Å²) in [5.74, 6) is 2.18. The van der Waals surface area contributed by atoms with Crippen LogP contribution >= 0.6 is 11.3 Å². The van der Waals surface area contributed by atoms with Crippen LogP contribution in [0.3, 0.4) is 0 Å². The van der Waals surface area contributed by atoms with Crippen LogP contribution in [0.2, 0.25) is 0 Å². The van der Waals surface area contributed by atoms with Crippen molar-refractivity contribution in [1.29, 1.82) is 0 Å². The SMILES string of the molecule is CCN1CCc2c(sc3nc(Cc4ccccc4)nc(N4CCCCCC4)c23)C1. The van der Waals surface area contributed by atoms with E-state index in [4.69, 9.17) is 9.97 Å². The van der Waals surface area contributed by atoms with Crippen LogP contribution in [0.1, 0.15) is 54.4 Å². The van der Waals surface area contributed by atoms with Crippen molar-refractivity contribution in [2.75, 3.05) is 31.1 Å². The Morgan fingerprint density at radius 1 is 0.966 bits per heavy atom. The van der Waals surface area contributed by atoms with Gasteiger partial charge in [-0.3, -0.25) is 4.90 Å². The maximum Gasteiger partial charge on any atom is 0.141 e. The lowest BCUT2D eigenvalue weighted by Crippen LogP contribution is -2.29. The molecule has 0 unspecified atom stereocenters. The fraction of sp³-hybridized carbons (Fsp3) is 0.500. The average molecular weight is 407 g/mol. The quantitative estimate of drug-likeness (QED) is 0.607. The summed E-state index contributed by atoms with van der Waals surface area (Å²) in [6, 6.07) is 10.6. The summed E-state index contributed by atoms with van der Waals surface area (Å²) in [6.07, 6.45) is 7.17. The molecule has 1 fully saturated rings. The third kappa shape index (κ3) is 3.90. The maximum absolute atomic E-state index is 5.19. The van der Waals surface area contributed by atoms with E-state index < -0.39 is 0 Å². The lowest BCUT2D eigenvalue weighted by atomic mass is 10.0. The third-order valence-corrected chi connectivity index (χ3v) is 7.48. The van der Waals surface area contributed by atoms with Crippen molar-refractivity contribution in [2.45, 2.75) is 52.0 Å². The van der Waals surface area contributed by atoms with Crippen molar-refractivity contribution < 1.29 is 0 Å². The minimum atomic E-state index is 0.807. The van der Waals surface area contributed by atoms with Gasteiger partial charge in [-0.05, 0) is 36.9 Å². The van der Waals surface area contributed by atoms with E-state index in [1.807, 2.05) is 11.3 Å². The molecular formula is C24H30N4S. The first-order valence-corrected chi connectivity index (χ1v) is 12.0. The first-order chi connectivity index (χ1) is 14.3. The molecule has 2 aliphatic rings. The molecule has 2 aromatic heterocycles. The van der Waals surface area contributed by atoms with Gasteiger partial charge in [-0.15, -0.1) is 11.3 Å². The van der Waals surface area contributed by atoms with Crippen molar-refractivity contribution in [3.05, 3.63) is 52.2 Å². The van der Waals surface area contributed by atoms with E-state index in [1.165, 1.54) is 57.7 Å². The highest BCUT2D eigenvalue weighted by molar-refractivity contribution is 7.19. The molecular weight excluding hydrogens is 376 g/mol. The summed E-state index contributed by atoms with van der Waals surface area (Å²) in [4.78, 5) is 18.1. The molecule has 1 aromatic carbocycles. The van der Waals surface area contributed by atoms with Gasteiger partial charge in [0.2, 0.25) is 0 Å². The van der Waals surface area contributed by atoms with Gasteiger partial charge < -0.3 is 4.90 Å². The summed E-state index contributed by atoms with van der Waals surface area (Å²) >= 11 is 1.91. The molecule has 0 spiro atoms. The first kappa shape index (κ1) is 19.0. The number of nitrogens with zero attached hydrogens (tertiary/aromatic N) is 4.